The van der Waals surface area contributed by atoms with Crippen LogP contribution in [-0.2, 0) is 0 Å². The Morgan fingerprint density at radius 3 is 2.19 bits per heavy atom. The zero-order valence-electron chi connectivity index (χ0n) is 11.5. The largest absolute Gasteiger partial charge is 0.155 e. The van der Waals surface area contributed by atoms with Crippen LogP contribution in [0.25, 0.3) is 0 Å². The molecule has 0 bridgehead atoms. The van der Waals surface area contributed by atoms with E-state index < -0.39 is 0 Å². The molecule has 0 aromatic rings. The molecule has 2 fully saturated rings. The predicted octanol–water partition coefficient (Wildman–Crippen LogP) is 4.98. The highest BCUT2D eigenvalue weighted by molar-refractivity contribution is 8.00. The third-order valence-electron chi connectivity index (χ3n) is 4.84. The van der Waals surface area contributed by atoms with Crippen LogP contribution >= 0.6 is 11.8 Å². The van der Waals surface area contributed by atoms with E-state index in [0.29, 0.717) is 4.75 Å². The second-order valence-corrected chi connectivity index (χ2v) is 8.26. The van der Waals surface area contributed by atoms with Crippen molar-refractivity contribution in [2.45, 2.75) is 64.5 Å². The van der Waals surface area contributed by atoms with Gasteiger partial charge in [0.1, 0.15) is 0 Å². The minimum Gasteiger partial charge on any atom is -0.155 e. The lowest BCUT2D eigenvalue weighted by Gasteiger charge is -2.51. The smallest absolute Gasteiger partial charge is 0.0195 e. The van der Waals surface area contributed by atoms with Gasteiger partial charge in [0.2, 0.25) is 0 Å². The van der Waals surface area contributed by atoms with E-state index in [4.69, 9.17) is 0 Å². The van der Waals surface area contributed by atoms with Crippen LogP contribution in [0.4, 0.5) is 0 Å². The molecule has 1 heterocycles. The molecule has 4 atom stereocenters. The normalized spacial score (nSPS) is 45.2. The van der Waals surface area contributed by atoms with E-state index in [1.807, 2.05) is 0 Å². The van der Waals surface area contributed by atoms with Gasteiger partial charge in [0.05, 0.1) is 0 Å². The number of hydrogen-bond donors (Lipinski definition) is 0. The molecule has 16 heavy (non-hydrogen) atoms. The van der Waals surface area contributed by atoms with Crippen LogP contribution in [-0.4, -0.2) is 10.5 Å². The van der Waals surface area contributed by atoms with Crippen molar-refractivity contribution in [3.8, 4) is 0 Å². The van der Waals surface area contributed by atoms with Crippen LogP contribution in [0.5, 0.6) is 0 Å². The van der Waals surface area contributed by atoms with E-state index >= 15 is 0 Å². The minimum absolute atomic E-state index is 0.656. The molecule has 0 N–H and O–H groups in total. The van der Waals surface area contributed by atoms with Crippen LogP contribution < -0.4 is 0 Å². The molecule has 2 rings (SSSR count). The molecule has 1 aliphatic heterocycles. The van der Waals surface area contributed by atoms with Crippen molar-refractivity contribution in [2.75, 3.05) is 5.75 Å². The fraction of sp³-hybridized carbons (Fsp3) is 1.00. The van der Waals surface area contributed by atoms with Crippen LogP contribution in [0.3, 0.4) is 0 Å². The summed E-state index contributed by atoms with van der Waals surface area (Å²) >= 11 is 2.33. The Balaban J connectivity index is 2.17. The van der Waals surface area contributed by atoms with Gasteiger partial charge in [0, 0.05) is 4.75 Å². The van der Waals surface area contributed by atoms with Gasteiger partial charge in [-0.25, -0.2) is 0 Å². The molecule has 0 nitrogen and oxygen atoms in total. The molecule has 1 saturated carbocycles. The molecule has 1 aliphatic carbocycles. The van der Waals surface area contributed by atoms with Gasteiger partial charge >= 0.3 is 0 Å². The average Bonchev–Trinajstić information content (AvgIpc) is 2.16. The van der Waals surface area contributed by atoms with Crippen molar-refractivity contribution in [1.82, 2.24) is 0 Å². The van der Waals surface area contributed by atoms with E-state index in [0.717, 1.165) is 23.7 Å². The molecular formula is C15H28S. The molecule has 0 amide bonds. The van der Waals surface area contributed by atoms with E-state index in [1.54, 1.807) is 0 Å². The Labute approximate surface area is 106 Å². The highest BCUT2D eigenvalue weighted by Gasteiger charge is 2.46. The molecule has 0 radical (unpaired) electrons. The lowest BCUT2D eigenvalue weighted by Crippen LogP contribution is -2.46. The topological polar surface area (TPSA) is 0 Å². The summed E-state index contributed by atoms with van der Waals surface area (Å²) in [6, 6.07) is 0. The highest BCUT2D eigenvalue weighted by Crippen LogP contribution is 2.55. The van der Waals surface area contributed by atoms with Crippen LogP contribution in [0, 0.1) is 23.7 Å². The first-order valence-electron chi connectivity index (χ1n) is 7.17. The molecule has 94 valence electrons. The molecule has 1 saturated heterocycles. The first-order valence-corrected chi connectivity index (χ1v) is 8.16. The van der Waals surface area contributed by atoms with Crippen LogP contribution in [0.1, 0.15) is 59.8 Å². The average molecular weight is 240 g/mol. The summed E-state index contributed by atoms with van der Waals surface area (Å²) in [5.41, 5.74) is 0. The van der Waals surface area contributed by atoms with Crippen molar-refractivity contribution in [2.24, 2.45) is 23.7 Å². The lowest BCUT2D eigenvalue weighted by atomic mass is 9.66. The fourth-order valence-electron chi connectivity index (χ4n) is 4.13. The van der Waals surface area contributed by atoms with Gasteiger partial charge in [0.25, 0.3) is 0 Å². The molecular weight excluding hydrogens is 212 g/mol. The SMILES string of the molecule is CC1CCSC2(C1)CC(C)CCC2C(C)C. The first kappa shape index (κ1) is 12.8. The van der Waals surface area contributed by atoms with Gasteiger partial charge in [-0.1, -0.05) is 34.1 Å². The van der Waals surface area contributed by atoms with Gasteiger partial charge in [-0.15, -0.1) is 0 Å². The van der Waals surface area contributed by atoms with Crippen LogP contribution in [0.15, 0.2) is 0 Å². The molecule has 1 spiro atoms. The Hall–Kier alpha value is 0.350. The van der Waals surface area contributed by atoms with Crippen molar-refractivity contribution in [1.29, 1.82) is 0 Å². The van der Waals surface area contributed by atoms with Crippen molar-refractivity contribution >= 4 is 11.8 Å². The summed E-state index contributed by atoms with van der Waals surface area (Å²) in [6.45, 7) is 9.83. The van der Waals surface area contributed by atoms with Gasteiger partial charge in [-0.05, 0) is 55.1 Å². The zero-order chi connectivity index (χ0) is 11.8. The summed E-state index contributed by atoms with van der Waals surface area (Å²) in [5.74, 6) is 5.21. The maximum absolute atomic E-state index is 2.47. The Kier molecular flexibility index (Phi) is 3.93. The van der Waals surface area contributed by atoms with Gasteiger partial charge in [-0.2, -0.15) is 11.8 Å². The summed E-state index contributed by atoms with van der Waals surface area (Å²) in [4.78, 5) is 0. The number of hydrogen-bond acceptors (Lipinski definition) is 1. The third kappa shape index (κ3) is 2.44. The third-order valence-corrected chi connectivity index (χ3v) is 6.49. The summed E-state index contributed by atoms with van der Waals surface area (Å²) in [7, 11) is 0. The molecule has 4 unspecified atom stereocenters. The Morgan fingerprint density at radius 1 is 1.00 bits per heavy atom. The van der Waals surface area contributed by atoms with E-state index in [9.17, 15) is 0 Å². The molecule has 1 heteroatoms. The van der Waals surface area contributed by atoms with E-state index in [1.165, 1.54) is 37.9 Å². The predicted molar refractivity (Wildman–Crippen MR) is 74.9 cm³/mol. The first-order chi connectivity index (χ1) is 7.53. The van der Waals surface area contributed by atoms with E-state index in [2.05, 4.69) is 39.5 Å². The van der Waals surface area contributed by atoms with Crippen molar-refractivity contribution in [3.63, 3.8) is 0 Å². The van der Waals surface area contributed by atoms with Gasteiger partial charge in [-0.3, -0.25) is 0 Å². The highest BCUT2D eigenvalue weighted by atomic mass is 32.2. The minimum atomic E-state index is 0.656. The monoisotopic (exact) mass is 240 g/mol. The summed E-state index contributed by atoms with van der Waals surface area (Å²) in [6.07, 6.45) is 7.39. The standard InChI is InChI=1S/C15H28S/c1-11(2)14-6-5-12(3)9-15(14)10-13(4)7-8-16-15/h11-14H,5-10H2,1-4H3. The Morgan fingerprint density at radius 2 is 1.62 bits per heavy atom. The number of thioether (sulfide) groups is 1. The number of rotatable bonds is 1. The summed E-state index contributed by atoms with van der Waals surface area (Å²) < 4.78 is 0.656. The van der Waals surface area contributed by atoms with Crippen molar-refractivity contribution < 1.29 is 0 Å². The van der Waals surface area contributed by atoms with Crippen LogP contribution in [0.2, 0.25) is 0 Å². The van der Waals surface area contributed by atoms with Crippen molar-refractivity contribution in [3.05, 3.63) is 0 Å². The molecule has 2 aliphatic rings. The maximum Gasteiger partial charge on any atom is 0.0195 e. The second-order valence-electron chi connectivity index (χ2n) is 6.75. The maximum atomic E-state index is 2.47. The molecule has 0 aromatic carbocycles. The second kappa shape index (κ2) is 4.92. The lowest BCUT2D eigenvalue weighted by molar-refractivity contribution is 0.146. The fourth-order valence-corrected chi connectivity index (χ4v) is 6.46. The van der Waals surface area contributed by atoms with E-state index in [-0.39, 0.29) is 0 Å². The Bertz CT molecular complexity index is 228. The zero-order valence-corrected chi connectivity index (χ0v) is 12.3. The van der Waals surface area contributed by atoms with Gasteiger partial charge < -0.3 is 0 Å². The van der Waals surface area contributed by atoms with Gasteiger partial charge in [0.15, 0.2) is 0 Å². The molecule has 0 aromatic heterocycles. The quantitative estimate of drug-likeness (QED) is 0.623. The summed E-state index contributed by atoms with van der Waals surface area (Å²) in [5, 5.41) is 0.